The number of pyridine rings is 1. The number of aromatic hydroxyl groups is 1. The molecule has 0 fully saturated rings. The minimum Gasteiger partial charge on any atom is -0.508 e. The third-order valence-corrected chi connectivity index (χ3v) is 7.60. The number of para-hydroxylation sites is 2. The summed E-state index contributed by atoms with van der Waals surface area (Å²) in [6, 6.07) is 26.9. The Balaban J connectivity index is 1.52. The number of aryl methyl sites for hydroxylation is 2. The van der Waals surface area contributed by atoms with Crippen molar-refractivity contribution in [2.75, 3.05) is 10.2 Å². The van der Waals surface area contributed by atoms with Crippen molar-refractivity contribution in [3.63, 3.8) is 0 Å². The Bertz CT molecular complexity index is 1830. The summed E-state index contributed by atoms with van der Waals surface area (Å²) in [4.78, 5) is 16.9. The summed E-state index contributed by atoms with van der Waals surface area (Å²) in [5, 5.41) is 19.6. The molecule has 0 saturated heterocycles. The summed E-state index contributed by atoms with van der Waals surface area (Å²) in [5.74, 6) is 2.69. The van der Waals surface area contributed by atoms with Crippen LogP contribution in [-0.4, -0.2) is 31.5 Å². The van der Waals surface area contributed by atoms with E-state index < -0.39 is 6.04 Å². The van der Waals surface area contributed by atoms with Crippen LogP contribution in [0.5, 0.6) is 5.75 Å². The number of fused-ring (bicyclic) bond motifs is 4. The van der Waals surface area contributed by atoms with Crippen LogP contribution in [0.3, 0.4) is 0 Å². The van der Waals surface area contributed by atoms with Crippen LogP contribution in [0.4, 0.5) is 22.9 Å². The van der Waals surface area contributed by atoms with Gasteiger partial charge < -0.3 is 15.3 Å². The molecule has 0 amide bonds. The zero-order chi connectivity index (χ0) is 27.4. The first-order valence-electron chi connectivity index (χ1n) is 12.9. The standard InChI is InChI=1S/C31H24BrN7O/c1-18-10-13-21(14-11-18)34-29-31-36-30-27(19(2)37-39(30)26-9-5-6-16-33-26)28(22-17-20(32)12-15-25(22)40)38(31)24-8-4-3-7-23(24)35-29/h3-17,28,40H,1-2H3,(H,34,35)/t28-/m1/s1. The number of anilines is 2. The average Bonchev–Trinajstić information content (AvgIpc) is 3.31. The van der Waals surface area contributed by atoms with E-state index in [-0.39, 0.29) is 5.75 Å². The van der Waals surface area contributed by atoms with E-state index in [9.17, 15) is 5.11 Å². The zero-order valence-corrected chi connectivity index (χ0v) is 23.3. The summed E-state index contributed by atoms with van der Waals surface area (Å²) in [6.07, 6.45) is 1.74. The highest BCUT2D eigenvalue weighted by atomic mass is 79.9. The van der Waals surface area contributed by atoms with E-state index in [1.807, 2.05) is 73.7 Å². The van der Waals surface area contributed by atoms with Gasteiger partial charge in [0, 0.05) is 27.5 Å². The predicted molar refractivity (Wildman–Crippen MR) is 162 cm³/mol. The monoisotopic (exact) mass is 589 g/mol. The van der Waals surface area contributed by atoms with Gasteiger partial charge in [-0.05, 0) is 68.4 Å². The number of nitrogens with one attached hydrogen (secondary N) is 1. The minimum absolute atomic E-state index is 0.179. The van der Waals surface area contributed by atoms with Crippen LogP contribution in [-0.2, 0) is 0 Å². The summed E-state index contributed by atoms with van der Waals surface area (Å²) >= 11 is 3.62. The predicted octanol–water partition coefficient (Wildman–Crippen LogP) is 7.15. The Kier molecular flexibility index (Phi) is 5.74. The molecule has 196 valence electrons. The van der Waals surface area contributed by atoms with Crippen molar-refractivity contribution in [2.24, 2.45) is 9.98 Å². The number of aromatic nitrogens is 3. The van der Waals surface area contributed by atoms with E-state index in [1.54, 1.807) is 16.9 Å². The minimum atomic E-state index is -0.441. The number of aliphatic imine (C=N–C) groups is 2. The van der Waals surface area contributed by atoms with E-state index in [0.29, 0.717) is 23.3 Å². The molecule has 2 aliphatic heterocycles. The lowest BCUT2D eigenvalue weighted by Crippen LogP contribution is -2.46. The van der Waals surface area contributed by atoms with Crippen LogP contribution in [0.1, 0.15) is 28.4 Å². The summed E-state index contributed by atoms with van der Waals surface area (Å²) in [7, 11) is 0. The molecule has 2 aromatic heterocycles. The Morgan fingerprint density at radius 2 is 1.70 bits per heavy atom. The molecular weight excluding hydrogens is 566 g/mol. The molecule has 0 saturated carbocycles. The van der Waals surface area contributed by atoms with Crippen LogP contribution in [0, 0.1) is 13.8 Å². The van der Waals surface area contributed by atoms with E-state index in [2.05, 4.69) is 50.2 Å². The second kappa shape index (κ2) is 9.46. The van der Waals surface area contributed by atoms with Crippen molar-refractivity contribution in [3.8, 4) is 11.6 Å². The van der Waals surface area contributed by atoms with Crippen LogP contribution in [0.15, 0.2) is 106 Å². The Morgan fingerprint density at radius 3 is 2.50 bits per heavy atom. The molecule has 0 spiro atoms. The molecule has 0 aliphatic carbocycles. The molecule has 8 nitrogen and oxygen atoms in total. The molecule has 4 heterocycles. The summed E-state index contributed by atoms with van der Waals surface area (Å²) in [6.45, 7) is 4.03. The number of halogens is 1. The first-order chi connectivity index (χ1) is 19.5. The van der Waals surface area contributed by atoms with Gasteiger partial charge in [0.15, 0.2) is 23.3 Å². The molecule has 9 heteroatoms. The molecular formula is C31H24BrN7O. The van der Waals surface area contributed by atoms with Crippen molar-refractivity contribution in [1.82, 2.24) is 14.8 Å². The third kappa shape index (κ3) is 3.97. The number of rotatable bonds is 3. The Labute approximate surface area is 239 Å². The highest BCUT2D eigenvalue weighted by molar-refractivity contribution is 9.10. The largest absolute Gasteiger partial charge is 0.508 e. The van der Waals surface area contributed by atoms with Gasteiger partial charge in [-0.25, -0.2) is 15.0 Å². The number of benzene rings is 3. The van der Waals surface area contributed by atoms with Crippen LogP contribution < -0.4 is 10.2 Å². The van der Waals surface area contributed by atoms with Gasteiger partial charge in [0.2, 0.25) is 0 Å². The quantitative estimate of drug-likeness (QED) is 0.233. The lowest BCUT2D eigenvalue weighted by atomic mass is 9.92. The normalized spacial score (nSPS) is 15.5. The van der Waals surface area contributed by atoms with Crippen molar-refractivity contribution < 1.29 is 5.11 Å². The second-order valence-corrected chi connectivity index (χ2v) is 10.7. The van der Waals surface area contributed by atoms with Crippen LogP contribution in [0.25, 0.3) is 5.82 Å². The fourth-order valence-electron chi connectivity index (χ4n) is 5.25. The fraction of sp³-hybridized carbons (Fsp3) is 0.0968. The Morgan fingerprint density at radius 1 is 0.900 bits per heavy atom. The summed E-state index contributed by atoms with van der Waals surface area (Å²) in [5.41, 5.74) is 6.15. The number of phenolic OH excluding ortho intramolecular Hbond substituents is 1. The van der Waals surface area contributed by atoms with Gasteiger partial charge in [0.1, 0.15) is 5.75 Å². The molecule has 1 atom stereocenters. The van der Waals surface area contributed by atoms with Gasteiger partial charge in [0.25, 0.3) is 0 Å². The highest BCUT2D eigenvalue weighted by Crippen LogP contribution is 2.50. The third-order valence-electron chi connectivity index (χ3n) is 7.10. The molecule has 2 aliphatic rings. The second-order valence-electron chi connectivity index (χ2n) is 9.77. The SMILES string of the molecule is Cc1ccc(NC2=Nc3ccccc3N3C2=Nc2c(c(C)nn2-c2ccccn2)[C@H]3c2cc(Br)ccc2O)cc1. The summed E-state index contributed by atoms with van der Waals surface area (Å²) < 4.78 is 2.62. The molecule has 2 N–H and O–H groups in total. The number of amidine groups is 2. The molecule has 0 bridgehead atoms. The average molecular weight is 590 g/mol. The number of hydrogen-bond donors (Lipinski definition) is 2. The van der Waals surface area contributed by atoms with Gasteiger partial charge in [0.05, 0.1) is 23.1 Å². The maximum atomic E-state index is 11.2. The Hall–Kier alpha value is -4.76. The highest BCUT2D eigenvalue weighted by Gasteiger charge is 2.42. The maximum Gasteiger partial charge on any atom is 0.179 e. The van der Waals surface area contributed by atoms with E-state index in [1.165, 1.54) is 5.56 Å². The molecule has 0 radical (unpaired) electrons. The van der Waals surface area contributed by atoms with Crippen LogP contribution in [0.2, 0.25) is 0 Å². The van der Waals surface area contributed by atoms with Crippen molar-refractivity contribution in [3.05, 3.63) is 118 Å². The lowest BCUT2D eigenvalue weighted by Gasteiger charge is -2.40. The number of phenols is 1. The van der Waals surface area contributed by atoms with E-state index in [0.717, 1.165) is 38.4 Å². The number of nitrogens with zero attached hydrogens (tertiary/aromatic N) is 6. The molecule has 40 heavy (non-hydrogen) atoms. The van der Waals surface area contributed by atoms with Crippen molar-refractivity contribution >= 4 is 50.5 Å². The van der Waals surface area contributed by atoms with Crippen molar-refractivity contribution in [1.29, 1.82) is 0 Å². The van der Waals surface area contributed by atoms with Crippen molar-refractivity contribution in [2.45, 2.75) is 19.9 Å². The van der Waals surface area contributed by atoms with Gasteiger partial charge in [-0.1, -0.05) is 51.8 Å². The first kappa shape index (κ1) is 24.3. The van der Waals surface area contributed by atoms with Crippen LogP contribution >= 0.6 is 15.9 Å². The zero-order valence-electron chi connectivity index (χ0n) is 21.7. The van der Waals surface area contributed by atoms with Gasteiger partial charge in [-0.3, -0.25) is 0 Å². The maximum absolute atomic E-state index is 11.2. The fourth-order valence-corrected chi connectivity index (χ4v) is 5.63. The van der Waals surface area contributed by atoms with Gasteiger partial charge >= 0.3 is 0 Å². The molecule has 3 aromatic carbocycles. The first-order valence-corrected chi connectivity index (χ1v) is 13.7. The topological polar surface area (TPSA) is 90.9 Å². The van der Waals surface area contributed by atoms with Gasteiger partial charge in [-0.2, -0.15) is 9.78 Å². The van der Waals surface area contributed by atoms with Gasteiger partial charge in [-0.15, -0.1) is 0 Å². The molecule has 5 aromatic rings. The van der Waals surface area contributed by atoms with E-state index in [4.69, 9.17) is 15.1 Å². The smallest absolute Gasteiger partial charge is 0.179 e. The number of hydrogen-bond acceptors (Lipinski definition) is 7. The lowest BCUT2D eigenvalue weighted by molar-refractivity contribution is 0.465. The van der Waals surface area contributed by atoms with E-state index >= 15 is 0 Å². The molecule has 0 unspecified atom stereocenters. The molecule has 7 rings (SSSR count).